The van der Waals surface area contributed by atoms with Crippen LogP contribution in [0.15, 0.2) is 72.9 Å². The number of unbranched alkanes of at least 4 members (excludes halogenated alkanes) is 30. The summed E-state index contributed by atoms with van der Waals surface area (Å²) in [7, 11) is 0. The lowest BCUT2D eigenvalue weighted by molar-refractivity contribution is -0.167. The van der Waals surface area contributed by atoms with E-state index in [2.05, 4.69) is 93.7 Å². The number of ether oxygens (including phenoxy) is 3. The summed E-state index contributed by atoms with van der Waals surface area (Å²) in [6.45, 7) is 6.50. The van der Waals surface area contributed by atoms with Gasteiger partial charge < -0.3 is 14.2 Å². The highest BCUT2D eigenvalue weighted by molar-refractivity contribution is 5.71. The van der Waals surface area contributed by atoms with Crippen molar-refractivity contribution < 1.29 is 28.6 Å². The monoisotopic (exact) mass is 963 g/mol. The molecule has 0 aliphatic rings. The molecule has 398 valence electrons. The third-order valence-electron chi connectivity index (χ3n) is 12.7. The summed E-state index contributed by atoms with van der Waals surface area (Å²) < 4.78 is 16.8. The molecular formula is C63H110O6. The van der Waals surface area contributed by atoms with Gasteiger partial charge in [-0.05, 0) is 89.9 Å². The lowest BCUT2D eigenvalue weighted by Crippen LogP contribution is -2.30. The molecule has 6 nitrogen and oxygen atoms in total. The summed E-state index contributed by atoms with van der Waals surface area (Å²) in [6, 6.07) is 0. The summed E-state index contributed by atoms with van der Waals surface area (Å²) in [5.74, 6) is -0.890. The summed E-state index contributed by atoms with van der Waals surface area (Å²) in [5, 5.41) is 0. The Bertz CT molecular complexity index is 1290. The Labute approximate surface area is 427 Å². The zero-order valence-electron chi connectivity index (χ0n) is 45.6. The largest absolute Gasteiger partial charge is 0.462 e. The molecule has 1 unspecified atom stereocenters. The SMILES string of the molecule is CC/C=C\C/C=C\C/C=C\C/C=C\CCCCCCCCC(=O)OC(COC(=O)CCCCCCCCCCC)COC(=O)CCCCCCCCCCCCC/C=C\C/C=C\CCCCCCC. The van der Waals surface area contributed by atoms with E-state index in [1.165, 1.54) is 148 Å². The van der Waals surface area contributed by atoms with E-state index < -0.39 is 6.10 Å². The van der Waals surface area contributed by atoms with Gasteiger partial charge in [-0.2, -0.15) is 0 Å². The smallest absolute Gasteiger partial charge is 0.306 e. The van der Waals surface area contributed by atoms with E-state index in [-0.39, 0.29) is 31.1 Å². The van der Waals surface area contributed by atoms with Crippen molar-refractivity contribution >= 4 is 17.9 Å². The minimum absolute atomic E-state index is 0.0800. The van der Waals surface area contributed by atoms with Gasteiger partial charge in [-0.25, -0.2) is 0 Å². The van der Waals surface area contributed by atoms with Crippen LogP contribution in [0.1, 0.15) is 290 Å². The topological polar surface area (TPSA) is 78.9 Å². The molecule has 0 aromatic carbocycles. The second-order valence-corrected chi connectivity index (χ2v) is 19.5. The Morgan fingerprint density at radius 3 is 0.884 bits per heavy atom. The van der Waals surface area contributed by atoms with Gasteiger partial charge in [-0.15, -0.1) is 0 Å². The van der Waals surface area contributed by atoms with E-state index in [4.69, 9.17) is 14.2 Å². The minimum Gasteiger partial charge on any atom is -0.462 e. The highest BCUT2D eigenvalue weighted by Gasteiger charge is 2.19. The van der Waals surface area contributed by atoms with Gasteiger partial charge in [0, 0.05) is 19.3 Å². The third-order valence-corrected chi connectivity index (χ3v) is 12.7. The fraction of sp³-hybridized carbons (Fsp3) is 0.762. The van der Waals surface area contributed by atoms with Gasteiger partial charge in [0.1, 0.15) is 13.2 Å². The van der Waals surface area contributed by atoms with Gasteiger partial charge in [-0.1, -0.05) is 254 Å². The van der Waals surface area contributed by atoms with E-state index >= 15 is 0 Å². The number of hydrogen-bond acceptors (Lipinski definition) is 6. The number of rotatable bonds is 53. The average molecular weight is 964 g/mol. The first-order valence-electron chi connectivity index (χ1n) is 29.4. The van der Waals surface area contributed by atoms with Gasteiger partial charge in [0.25, 0.3) is 0 Å². The molecule has 69 heavy (non-hydrogen) atoms. The molecule has 0 N–H and O–H groups in total. The maximum atomic E-state index is 12.8. The van der Waals surface area contributed by atoms with Crippen molar-refractivity contribution in [2.24, 2.45) is 0 Å². The average Bonchev–Trinajstić information content (AvgIpc) is 3.35. The molecule has 0 bridgehead atoms. The van der Waals surface area contributed by atoms with Crippen LogP contribution in [-0.4, -0.2) is 37.2 Å². The Hall–Kier alpha value is -3.15. The standard InChI is InChI=1S/C63H110O6/c1-4-7-10-13-16-19-21-23-25-27-29-30-31-32-34-35-37-39-41-44-47-50-53-56-62(65)68-59-60(58-67-61(64)55-52-49-46-43-18-15-12-9-6-3)69-63(66)57-54-51-48-45-42-40-38-36-33-28-26-24-22-20-17-14-11-8-5-2/h8,11,17,20-21,23-24,26-27,29,33,36,60H,4-7,9-10,12-16,18-19,22,25,28,30-32,34-35,37-59H2,1-3H3/b11-8-,20-17-,23-21-,26-24-,29-27-,36-33-. The van der Waals surface area contributed by atoms with Crippen molar-refractivity contribution in [2.75, 3.05) is 13.2 Å². The second-order valence-electron chi connectivity index (χ2n) is 19.5. The lowest BCUT2D eigenvalue weighted by atomic mass is 10.0. The first-order chi connectivity index (χ1) is 34.0. The van der Waals surface area contributed by atoms with Crippen LogP contribution in [0.3, 0.4) is 0 Å². The fourth-order valence-electron chi connectivity index (χ4n) is 8.29. The van der Waals surface area contributed by atoms with Crippen molar-refractivity contribution in [3.05, 3.63) is 72.9 Å². The van der Waals surface area contributed by atoms with Gasteiger partial charge in [0.15, 0.2) is 6.10 Å². The molecule has 6 heteroatoms. The van der Waals surface area contributed by atoms with Crippen molar-refractivity contribution in [3.63, 3.8) is 0 Å². The van der Waals surface area contributed by atoms with Crippen LogP contribution in [0, 0.1) is 0 Å². The van der Waals surface area contributed by atoms with Crippen LogP contribution in [0.5, 0.6) is 0 Å². The van der Waals surface area contributed by atoms with Gasteiger partial charge in [0.05, 0.1) is 0 Å². The van der Waals surface area contributed by atoms with Gasteiger partial charge in [0.2, 0.25) is 0 Å². The van der Waals surface area contributed by atoms with Crippen LogP contribution in [0.4, 0.5) is 0 Å². The third kappa shape index (κ3) is 55.6. The summed E-state index contributed by atoms with van der Waals surface area (Å²) in [6.07, 6.45) is 73.3. The van der Waals surface area contributed by atoms with E-state index in [1.54, 1.807) is 0 Å². The quantitative estimate of drug-likeness (QED) is 0.0262. The predicted octanol–water partition coefficient (Wildman–Crippen LogP) is 19.8. The molecule has 0 aliphatic carbocycles. The Balaban J connectivity index is 4.27. The zero-order valence-corrected chi connectivity index (χ0v) is 45.6. The highest BCUT2D eigenvalue weighted by atomic mass is 16.6. The number of carbonyl (C=O) groups is 3. The van der Waals surface area contributed by atoms with Crippen molar-refractivity contribution in [1.82, 2.24) is 0 Å². The van der Waals surface area contributed by atoms with Crippen molar-refractivity contribution in [3.8, 4) is 0 Å². The maximum Gasteiger partial charge on any atom is 0.306 e. The molecule has 0 aromatic heterocycles. The molecule has 0 spiro atoms. The van der Waals surface area contributed by atoms with Crippen molar-refractivity contribution in [2.45, 2.75) is 297 Å². The van der Waals surface area contributed by atoms with Crippen LogP contribution < -0.4 is 0 Å². The fourth-order valence-corrected chi connectivity index (χ4v) is 8.29. The van der Waals surface area contributed by atoms with E-state index in [0.29, 0.717) is 19.3 Å². The summed E-state index contributed by atoms with van der Waals surface area (Å²) >= 11 is 0. The molecule has 1 atom stereocenters. The minimum atomic E-state index is -0.782. The van der Waals surface area contributed by atoms with Crippen molar-refractivity contribution in [1.29, 1.82) is 0 Å². The molecule has 0 rings (SSSR count). The first-order valence-corrected chi connectivity index (χ1v) is 29.4. The van der Waals surface area contributed by atoms with E-state index in [1.807, 2.05) is 0 Å². The predicted molar refractivity (Wildman–Crippen MR) is 298 cm³/mol. The van der Waals surface area contributed by atoms with E-state index in [9.17, 15) is 14.4 Å². The molecule has 0 aliphatic heterocycles. The van der Waals surface area contributed by atoms with Gasteiger partial charge >= 0.3 is 17.9 Å². The van der Waals surface area contributed by atoms with E-state index in [0.717, 1.165) is 103 Å². The maximum absolute atomic E-state index is 12.8. The molecule has 0 fully saturated rings. The molecule has 0 amide bonds. The second kappa shape index (κ2) is 57.4. The molecule has 0 aromatic rings. The highest BCUT2D eigenvalue weighted by Crippen LogP contribution is 2.16. The Morgan fingerprint density at radius 1 is 0.304 bits per heavy atom. The first kappa shape index (κ1) is 65.8. The number of allylic oxidation sites excluding steroid dienone is 12. The molecule has 0 saturated carbocycles. The molecule has 0 heterocycles. The lowest BCUT2D eigenvalue weighted by Gasteiger charge is -2.18. The molecular weight excluding hydrogens is 853 g/mol. The van der Waals surface area contributed by atoms with Crippen LogP contribution >= 0.6 is 0 Å². The molecule has 0 radical (unpaired) electrons. The Morgan fingerprint density at radius 2 is 0.565 bits per heavy atom. The zero-order chi connectivity index (χ0) is 50.0. The number of carbonyl (C=O) groups excluding carboxylic acids is 3. The van der Waals surface area contributed by atoms with Gasteiger partial charge in [-0.3, -0.25) is 14.4 Å². The van der Waals surface area contributed by atoms with Crippen LogP contribution in [-0.2, 0) is 28.6 Å². The number of esters is 3. The Kier molecular flexibility index (Phi) is 54.8. The van der Waals surface area contributed by atoms with Crippen LogP contribution in [0.2, 0.25) is 0 Å². The normalized spacial score (nSPS) is 12.6. The molecule has 0 saturated heterocycles. The summed E-state index contributed by atoms with van der Waals surface area (Å²) in [5.41, 5.74) is 0. The number of hydrogen-bond donors (Lipinski definition) is 0. The van der Waals surface area contributed by atoms with Crippen LogP contribution in [0.25, 0.3) is 0 Å². The summed E-state index contributed by atoms with van der Waals surface area (Å²) in [4.78, 5) is 38.1.